The van der Waals surface area contributed by atoms with E-state index in [1.54, 1.807) is 0 Å². The van der Waals surface area contributed by atoms with Gasteiger partial charge in [0.1, 0.15) is 17.5 Å². The fraction of sp³-hybridized carbons (Fsp3) is 0.0667. The molecule has 7 heteroatoms. The molecule has 1 saturated heterocycles. The van der Waals surface area contributed by atoms with Crippen LogP contribution in [0.3, 0.4) is 0 Å². The average Bonchev–Trinajstić information content (AvgIpc) is 3.55. The lowest BCUT2D eigenvalue weighted by atomic mass is 10.0. The molecule has 182 valence electrons. The number of nitrogens with one attached hydrogen (secondary N) is 1. The standard InChI is InChI=1S/C30H23ClN4OS/c31-21-8-6-9-23(20-21)34-19-7-13-27(34)29-28(26-12-4-5-18-32-26)33-30(37)35(29)22-14-16-25(17-15-22)36-24-10-2-1-3-11-24/h1-20,28-29H,(H,33,37)/t28-,29+/m1/s1. The van der Waals surface area contributed by atoms with E-state index in [0.717, 1.165) is 34.3 Å². The Morgan fingerprint density at radius 3 is 2.32 bits per heavy atom. The van der Waals surface area contributed by atoms with E-state index >= 15 is 0 Å². The quantitative estimate of drug-likeness (QED) is 0.234. The second-order valence-corrected chi connectivity index (χ2v) is 9.51. The van der Waals surface area contributed by atoms with Crippen LogP contribution in [0.2, 0.25) is 5.02 Å². The van der Waals surface area contributed by atoms with Gasteiger partial charge in [-0.2, -0.15) is 0 Å². The van der Waals surface area contributed by atoms with E-state index in [4.69, 9.17) is 28.6 Å². The van der Waals surface area contributed by atoms with Gasteiger partial charge in [0.05, 0.1) is 11.7 Å². The van der Waals surface area contributed by atoms with Crippen LogP contribution < -0.4 is 15.0 Å². The third-order valence-corrected chi connectivity index (χ3v) is 6.91. The molecular weight excluding hydrogens is 500 g/mol. The minimum atomic E-state index is -0.155. The van der Waals surface area contributed by atoms with Crippen molar-refractivity contribution in [3.05, 3.63) is 138 Å². The number of benzene rings is 3. The van der Waals surface area contributed by atoms with Crippen molar-refractivity contribution in [2.75, 3.05) is 4.90 Å². The molecule has 2 aromatic heterocycles. The van der Waals surface area contributed by atoms with Crippen LogP contribution in [-0.2, 0) is 0 Å². The first-order chi connectivity index (χ1) is 18.2. The summed E-state index contributed by atoms with van der Waals surface area (Å²) in [5.41, 5.74) is 3.92. The number of thiocarbonyl (C=S) groups is 1. The summed E-state index contributed by atoms with van der Waals surface area (Å²) in [5, 5.41) is 4.85. The van der Waals surface area contributed by atoms with Crippen molar-refractivity contribution in [1.82, 2.24) is 14.9 Å². The number of halogens is 1. The Bertz CT molecular complexity index is 1520. The lowest BCUT2D eigenvalue weighted by molar-refractivity contribution is 0.482. The smallest absolute Gasteiger partial charge is 0.174 e. The summed E-state index contributed by atoms with van der Waals surface area (Å²) in [6, 6.07) is 35.4. The van der Waals surface area contributed by atoms with E-state index in [-0.39, 0.29) is 12.1 Å². The molecule has 5 aromatic rings. The minimum absolute atomic E-state index is 0.151. The molecule has 3 heterocycles. The maximum Gasteiger partial charge on any atom is 0.174 e. The fourth-order valence-electron chi connectivity index (χ4n) is 4.73. The van der Waals surface area contributed by atoms with Crippen LogP contribution in [0.15, 0.2) is 122 Å². The Morgan fingerprint density at radius 2 is 1.57 bits per heavy atom. The summed E-state index contributed by atoms with van der Waals surface area (Å²) in [6.07, 6.45) is 3.86. The van der Waals surface area contributed by atoms with Crippen molar-refractivity contribution in [2.24, 2.45) is 0 Å². The van der Waals surface area contributed by atoms with Crippen molar-refractivity contribution < 1.29 is 4.74 Å². The molecular formula is C30H23ClN4OS. The number of anilines is 1. The molecule has 1 N–H and O–H groups in total. The molecule has 0 bridgehead atoms. The lowest BCUT2D eigenvalue weighted by Crippen LogP contribution is -2.30. The third kappa shape index (κ3) is 4.69. The second-order valence-electron chi connectivity index (χ2n) is 8.69. The molecule has 0 saturated carbocycles. The van der Waals surface area contributed by atoms with E-state index in [9.17, 15) is 0 Å². The molecule has 6 rings (SSSR count). The molecule has 5 nitrogen and oxygen atoms in total. The van der Waals surface area contributed by atoms with Crippen molar-refractivity contribution in [2.45, 2.75) is 12.1 Å². The molecule has 37 heavy (non-hydrogen) atoms. The van der Waals surface area contributed by atoms with Gasteiger partial charge >= 0.3 is 0 Å². The van der Waals surface area contributed by atoms with E-state index in [1.807, 2.05) is 116 Å². The summed E-state index contributed by atoms with van der Waals surface area (Å²) < 4.78 is 8.16. The summed E-state index contributed by atoms with van der Waals surface area (Å²) in [4.78, 5) is 6.81. The Hall–Kier alpha value is -4.13. The maximum absolute atomic E-state index is 6.34. The van der Waals surface area contributed by atoms with Gasteiger partial charge in [0.15, 0.2) is 5.11 Å². The van der Waals surface area contributed by atoms with E-state index in [2.05, 4.69) is 25.8 Å². The number of nitrogens with zero attached hydrogens (tertiary/aromatic N) is 3. The van der Waals surface area contributed by atoms with Gasteiger partial charge < -0.3 is 19.5 Å². The van der Waals surface area contributed by atoms with E-state index < -0.39 is 0 Å². The predicted molar refractivity (Wildman–Crippen MR) is 152 cm³/mol. The second kappa shape index (κ2) is 10.1. The highest BCUT2D eigenvalue weighted by Gasteiger charge is 2.42. The predicted octanol–water partition coefficient (Wildman–Crippen LogP) is 7.50. The minimum Gasteiger partial charge on any atom is -0.457 e. The van der Waals surface area contributed by atoms with Crippen LogP contribution in [0.1, 0.15) is 23.5 Å². The van der Waals surface area contributed by atoms with Crippen molar-refractivity contribution >= 4 is 34.6 Å². The zero-order valence-corrected chi connectivity index (χ0v) is 21.3. The molecule has 0 aliphatic carbocycles. The zero-order valence-electron chi connectivity index (χ0n) is 19.7. The SMILES string of the molecule is S=C1N[C@H](c2ccccn2)[C@H](c2cccn2-c2cccc(Cl)c2)N1c1ccc(Oc2ccccc2)cc1. The Balaban J connectivity index is 1.41. The highest BCUT2D eigenvalue weighted by molar-refractivity contribution is 7.80. The van der Waals surface area contributed by atoms with Crippen molar-refractivity contribution in [3.8, 4) is 17.2 Å². The molecule has 0 unspecified atom stereocenters. The Morgan fingerprint density at radius 1 is 0.784 bits per heavy atom. The van der Waals surface area contributed by atoms with Gasteiger partial charge in [0.2, 0.25) is 0 Å². The van der Waals surface area contributed by atoms with Crippen LogP contribution in [0.25, 0.3) is 5.69 Å². The van der Waals surface area contributed by atoms with Crippen LogP contribution >= 0.6 is 23.8 Å². The third-order valence-electron chi connectivity index (χ3n) is 6.36. The highest BCUT2D eigenvalue weighted by atomic mass is 35.5. The molecule has 2 atom stereocenters. The van der Waals surface area contributed by atoms with E-state index in [1.165, 1.54) is 0 Å². The number of aromatic nitrogens is 2. The van der Waals surface area contributed by atoms with Crippen LogP contribution in [-0.4, -0.2) is 14.7 Å². The number of ether oxygens (including phenoxy) is 1. The molecule has 1 fully saturated rings. The molecule has 0 radical (unpaired) electrons. The lowest BCUT2D eigenvalue weighted by Gasteiger charge is -2.29. The van der Waals surface area contributed by atoms with Gasteiger partial charge in [-0.25, -0.2) is 0 Å². The summed E-state index contributed by atoms with van der Waals surface area (Å²) in [5.74, 6) is 1.55. The van der Waals surface area contributed by atoms with E-state index in [0.29, 0.717) is 10.1 Å². The van der Waals surface area contributed by atoms with Gasteiger partial charge in [-0.3, -0.25) is 4.98 Å². The number of rotatable bonds is 6. The number of hydrogen-bond acceptors (Lipinski definition) is 3. The van der Waals surface area contributed by atoms with Crippen LogP contribution in [0.5, 0.6) is 11.5 Å². The summed E-state index contributed by atoms with van der Waals surface area (Å²) >= 11 is 12.2. The first-order valence-corrected chi connectivity index (χ1v) is 12.7. The normalized spacial score (nSPS) is 17.0. The van der Waals surface area contributed by atoms with Crippen LogP contribution in [0.4, 0.5) is 5.69 Å². The first-order valence-electron chi connectivity index (χ1n) is 11.9. The van der Waals surface area contributed by atoms with Gasteiger partial charge in [0.25, 0.3) is 0 Å². The van der Waals surface area contributed by atoms with Crippen molar-refractivity contribution in [3.63, 3.8) is 0 Å². The molecule has 3 aromatic carbocycles. The number of pyridine rings is 1. The van der Waals surface area contributed by atoms with Crippen LogP contribution in [0, 0.1) is 0 Å². The largest absolute Gasteiger partial charge is 0.457 e. The number of para-hydroxylation sites is 1. The van der Waals surface area contributed by atoms with Gasteiger partial charge in [-0.1, -0.05) is 41.9 Å². The van der Waals surface area contributed by atoms with Gasteiger partial charge in [0, 0.05) is 34.5 Å². The average molecular weight is 523 g/mol. The topological polar surface area (TPSA) is 42.3 Å². The highest BCUT2D eigenvalue weighted by Crippen LogP contribution is 2.42. The van der Waals surface area contributed by atoms with Gasteiger partial charge in [-0.15, -0.1) is 0 Å². The Kier molecular flexibility index (Phi) is 6.35. The summed E-state index contributed by atoms with van der Waals surface area (Å²) in [7, 11) is 0. The maximum atomic E-state index is 6.34. The monoisotopic (exact) mass is 522 g/mol. The molecule has 0 spiro atoms. The van der Waals surface area contributed by atoms with Gasteiger partial charge in [-0.05, 0) is 91.1 Å². The molecule has 1 aliphatic heterocycles. The molecule has 1 aliphatic rings. The zero-order chi connectivity index (χ0) is 25.2. The Labute approximate surface area is 225 Å². The summed E-state index contributed by atoms with van der Waals surface area (Å²) in [6.45, 7) is 0. The molecule has 0 amide bonds. The fourth-order valence-corrected chi connectivity index (χ4v) is 5.26. The number of hydrogen-bond donors (Lipinski definition) is 1. The first kappa shape index (κ1) is 23.3. The van der Waals surface area contributed by atoms with Crippen molar-refractivity contribution in [1.29, 1.82) is 0 Å².